The number of carbonyl (C=O) groups excluding carboxylic acids is 1. The first-order valence-corrected chi connectivity index (χ1v) is 5.45. The van der Waals surface area contributed by atoms with Gasteiger partial charge in [-0.1, -0.05) is 6.58 Å². The molecule has 3 heteroatoms. The Labute approximate surface area is 91.9 Å². The third-order valence-corrected chi connectivity index (χ3v) is 2.87. The Bertz CT molecular complexity index is 260. The molecule has 3 nitrogen and oxygen atoms in total. The summed E-state index contributed by atoms with van der Waals surface area (Å²) >= 11 is 0. The van der Waals surface area contributed by atoms with E-state index in [1.54, 1.807) is 0 Å². The molecule has 86 valence electrons. The summed E-state index contributed by atoms with van der Waals surface area (Å²) in [4.78, 5) is 11.0. The molecule has 0 aliphatic carbocycles. The lowest BCUT2D eigenvalue weighted by molar-refractivity contribution is -0.140. The zero-order chi connectivity index (χ0) is 11.5. The second-order valence-electron chi connectivity index (χ2n) is 5.23. The summed E-state index contributed by atoms with van der Waals surface area (Å²) in [7, 11) is 0. The molecule has 1 aliphatic rings. The predicted molar refractivity (Wildman–Crippen MR) is 60.6 cm³/mol. The van der Waals surface area contributed by atoms with Crippen LogP contribution in [-0.4, -0.2) is 23.7 Å². The first-order chi connectivity index (χ1) is 6.87. The van der Waals surface area contributed by atoms with E-state index in [1.165, 1.54) is 12.5 Å². The van der Waals surface area contributed by atoms with Gasteiger partial charge in [0.2, 0.25) is 0 Å². The molecule has 0 aromatic carbocycles. The Morgan fingerprint density at radius 1 is 1.47 bits per heavy atom. The number of piperidine rings is 1. The van der Waals surface area contributed by atoms with Gasteiger partial charge < -0.3 is 10.1 Å². The first kappa shape index (κ1) is 12.2. The number of rotatable bonds is 3. The molecule has 1 fully saturated rings. The zero-order valence-electron chi connectivity index (χ0n) is 9.93. The van der Waals surface area contributed by atoms with Crippen molar-refractivity contribution in [2.45, 2.75) is 51.1 Å². The molecule has 1 heterocycles. The zero-order valence-corrected chi connectivity index (χ0v) is 9.93. The fourth-order valence-electron chi connectivity index (χ4n) is 2.26. The highest BCUT2D eigenvalue weighted by atomic mass is 16.5. The van der Waals surface area contributed by atoms with E-state index in [9.17, 15) is 4.79 Å². The lowest BCUT2D eigenvalue weighted by atomic mass is 9.82. The third-order valence-electron chi connectivity index (χ3n) is 2.87. The van der Waals surface area contributed by atoms with Crippen LogP contribution in [0.4, 0.5) is 0 Å². The van der Waals surface area contributed by atoms with Crippen LogP contribution in [0.15, 0.2) is 12.7 Å². The standard InChI is InChI=1S/C12H21NO2/c1-5-10(14)15-9-12(4)8-6-7-11(2,3)13-12/h5,13H,1,6-9H2,2-4H3. The maximum Gasteiger partial charge on any atom is 0.330 e. The molecule has 0 aromatic heterocycles. The third kappa shape index (κ3) is 3.67. The van der Waals surface area contributed by atoms with Crippen LogP contribution in [0.3, 0.4) is 0 Å². The van der Waals surface area contributed by atoms with Gasteiger partial charge in [-0.2, -0.15) is 0 Å². The summed E-state index contributed by atoms with van der Waals surface area (Å²) in [5, 5.41) is 3.54. The molecule has 1 unspecified atom stereocenters. The van der Waals surface area contributed by atoms with Crippen LogP contribution in [0.2, 0.25) is 0 Å². The fraction of sp³-hybridized carbons (Fsp3) is 0.750. The van der Waals surface area contributed by atoms with Gasteiger partial charge in [0.1, 0.15) is 6.61 Å². The number of nitrogens with one attached hydrogen (secondary N) is 1. The second-order valence-corrected chi connectivity index (χ2v) is 5.23. The van der Waals surface area contributed by atoms with Crippen LogP contribution < -0.4 is 5.32 Å². The first-order valence-electron chi connectivity index (χ1n) is 5.45. The van der Waals surface area contributed by atoms with Crippen LogP contribution in [0.25, 0.3) is 0 Å². The summed E-state index contributed by atoms with van der Waals surface area (Å²) in [5.41, 5.74) is 0.0357. The molecule has 1 aliphatic heterocycles. The van der Waals surface area contributed by atoms with Crippen molar-refractivity contribution in [1.82, 2.24) is 5.32 Å². The maximum atomic E-state index is 11.0. The van der Waals surface area contributed by atoms with Crippen LogP contribution >= 0.6 is 0 Å². The fourth-order valence-corrected chi connectivity index (χ4v) is 2.26. The maximum absolute atomic E-state index is 11.0. The van der Waals surface area contributed by atoms with Crippen LogP contribution in [0, 0.1) is 0 Å². The number of hydrogen-bond acceptors (Lipinski definition) is 3. The lowest BCUT2D eigenvalue weighted by Crippen LogP contribution is -2.59. The van der Waals surface area contributed by atoms with E-state index in [0.717, 1.165) is 12.8 Å². The molecule has 1 N–H and O–H groups in total. The Morgan fingerprint density at radius 2 is 2.13 bits per heavy atom. The Balaban J connectivity index is 2.51. The van der Waals surface area contributed by atoms with Crippen molar-refractivity contribution < 1.29 is 9.53 Å². The Kier molecular flexibility index (Phi) is 3.55. The van der Waals surface area contributed by atoms with E-state index in [2.05, 4.69) is 32.7 Å². The smallest absolute Gasteiger partial charge is 0.330 e. The van der Waals surface area contributed by atoms with Crippen molar-refractivity contribution in [3.63, 3.8) is 0 Å². The molecule has 0 aromatic rings. The molecule has 1 rings (SSSR count). The summed E-state index contributed by atoms with van der Waals surface area (Å²) in [6, 6.07) is 0. The normalized spacial score (nSPS) is 29.5. The van der Waals surface area contributed by atoms with Crippen molar-refractivity contribution in [1.29, 1.82) is 0 Å². The van der Waals surface area contributed by atoms with Gasteiger partial charge in [0.25, 0.3) is 0 Å². The van der Waals surface area contributed by atoms with Crippen molar-refractivity contribution in [2.75, 3.05) is 6.61 Å². The SMILES string of the molecule is C=CC(=O)OCC1(C)CCCC(C)(C)N1. The van der Waals surface area contributed by atoms with Crippen LogP contribution in [0.5, 0.6) is 0 Å². The monoisotopic (exact) mass is 211 g/mol. The van der Waals surface area contributed by atoms with E-state index in [4.69, 9.17) is 4.74 Å². The van der Waals surface area contributed by atoms with Gasteiger partial charge in [0.05, 0.1) is 5.54 Å². The second kappa shape index (κ2) is 4.35. The lowest BCUT2D eigenvalue weighted by Gasteiger charge is -2.44. The van der Waals surface area contributed by atoms with Gasteiger partial charge in [0.15, 0.2) is 0 Å². The molecule has 0 spiro atoms. The van der Waals surface area contributed by atoms with Gasteiger partial charge in [-0.3, -0.25) is 0 Å². The molecule has 0 saturated carbocycles. The number of hydrogen-bond donors (Lipinski definition) is 1. The highest BCUT2D eigenvalue weighted by molar-refractivity contribution is 5.81. The minimum Gasteiger partial charge on any atom is -0.461 e. The minimum absolute atomic E-state index is 0.0968. The summed E-state index contributed by atoms with van der Waals surface area (Å²) in [6.07, 6.45) is 4.58. The van der Waals surface area contributed by atoms with Crippen molar-refractivity contribution in [3.05, 3.63) is 12.7 Å². The Hall–Kier alpha value is -0.830. The molecule has 0 bridgehead atoms. The number of carbonyl (C=O) groups is 1. The summed E-state index contributed by atoms with van der Waals surface area (Å²) < 4.78 is 5.11. The molecule has 15 heavy (non-hydrogen) atoms. The highest BCUT2D eigenvalue weighted by Crippen LogP contribution is 2.28. The molecular weight excluding hydrogens is 190 g/mol. The van der Waals surface area contributed by atoms with Crippen molar-refractivity contribution >= 4 is 5.97 Å². The van der Waals surface area contributed by atoms with E-state index >= 15 is 0 Å². The summed E-state index contributed by atoms with van der Waals surface area (Å²) in [5.74, 6) is -0.346. The van der Waals surface area contributed by atoms with E-state index in [0.29, 0.717) is 6.61 Å². The van der Waals surface area contributed by atoms with E-state index in [1.807, 2.05) is 0 Å². The number of ether oxygens (including phenoxy) is 1. The average molecular weight is 211 g/mol. The van der Waals surface area contributed by atoms with Gasteiger partial charge in [-0.25, -0.2) is 4.79 Å². The molecule has 1 atom stereocenters. The quantitative estimate of drug-likeness (QED) is 0.573. The van der Waals surface area contributed by atoms with Crippen LogP contribution in [-0.2, 0) is 9.53 Å². The molecule has 0 amide bonds. The highest BCUT2D eigenvalue weighted by Gasteiger charge is 2.36. The molecular formula is C12H21NO2. The number of esters is 1. The summed E-state index contributed by atoms with van der Waals surface area (Å²) in [6.45, 7) is 10.3. The van der Waals surface area contributed by atoms with Gasteiger partial charge >= 0.3 is 5.97 Å². The topological polar surface area (TPSA) is 38.3 Å². The van der Waals surface area contributed by atoms with E-state index < -0.39 is 0 Å². The predicted octanol–water partition coefficient (Wildman–Crippen LogP) is 2.03. The van der Waals surface area contributed by atoms with Crippen LogP contribution in [0.1, 0.15) is 40.0 Å². The minimum atomic E-state index is -0.346. The van der Waals surface area contributed by atoms with E-state index in [-0.39, 0.29) is 17.0 Å². The molecule has 1 saturated heterocycles. The largest absolute Gasteiger partial charge is 0.461 e. The van der Waals surface area contributed by atoms with Gasteiger partial charge in [0, 0.05) is 11.6 Å². The molecule has 0 radical (unpaired) electrons. The average Bonchev–Trinajstić information content (AvgIpc) is 2.12. The van der Waals surface area contributed by atoms with Crippen molar-refractivity contribution in [2.24, 2.45) is 0 Å². The van der Waals surface area contributed by atoms with Crippen molar-refractivity contribution in [3.8, 4) is 0 Å². The van der Waals surface area contributed by atoms with Gasteiger partial charge in [-0.05, 0) is 40.0 Å². The van der Waals surface area contributed by atoms with Gasteiger partial charge in [-0.15, -0.1) is 0 Å². The Morgan fingerprint density at radius 3 is 2.67 bits per heavy atom.